The fourth-order valence-corrected chi connectivity index (χ4v) is 1.97. The minimum Gasteiger partial charge on any atom is -0.394 e. The minimum atomic E-state index is -1.36. The summed E-state index contributed by atoms with van der Waals surface area (Å²) in [5, 5.41) is 30.8. The molecule has 20 heavy (non-hydrogen) atoms. The number of anilines is 1. The average Bonchev–Trinajstić information content (AvgIpc) is 2.66. The van der Waals surface area contributed by atoms with Crippen molar-refractivity contribution in [2.24, 2.45) is 0 Å². The van der Waals surface area contributed by atoms with Crippen LogP contribution in [-0.4, -0.2) is 55.7 Å². The van der Waals surface area contributed by atoms with E-state index in [1.54, 1.807) is 0 Å². The minimum absolute atomic E-state index is 0.0745. The number of carbonyl (C=O) groups is 1. The number of amides is 1. The van der Waals surface area contributed by atoms with Crippen molar-refractivity contribution in [2.75, 3.05) is 11.9 Å². The first-order chi connectivity index (χ1) is 9.43. The fraction of sp³-hybridized carbons (Fsp3) is 0.545. The van der Waals surface area contributed by atoms with E-state index in [0.717, 1.165) is 4.57 Å². The summed E-state index contributed by atoms with van der Waals surface area (Å²) in [7, 11) is 0. The third kappa shape index (κ3) is 2.70. The van der Waals surface area contributed by atoms with Crippen LogP contribution in [0, 0.1) is 0 Å². The van der Waals surface area contributed by atoms with Gasteiger partial charge in [-0.05, 0) is 6.07 Å². The maximum atomic E-state index is 11.8. The zero-order valence-electron chi connectivity index (χ0n) is 10.6. The SMILES string of the molecule is CC(=O)Nc1ccn([C@H]2O[C@@H](CO)[C@@H](O)[C@H]2O)c(=O)n1. The Bertz CT molecular complexity index is 559. The van der Waals surface area contributed by atoms with Gasteiger partial charge in [-0.15, -0.1) is 0 Å². The summed E-state index contributed by atoms with van der Waals surface area (Å²) in [6, 6.07) is 1.36. The molecular formula is C11H15N3O6. The summed E-state index contributed by atoms with van der Waals surface area (Å²) in [6.45, 7) is 0.792. The summed E-state index contributed by atoms with van der Waals surface area (Å²) >= 11 is 0. The van der Waals surface area contributed by atoms with Crippen molar-refractivity contribution in [3.05, 3.63) is 22.7 Å². The highest BCUT2D eigenvalue weighted by Crippen LogP contribution is 2.27. The lowest BCUT2D eigenvalue weighted by Gasteiger charge is -2.17. The maximum absolute atomic E-state index is 11.8. The molecule has 1 aromatic rings. The normalized spacial score (nSPS) is 29.4. The summed E-state index contributed by atoms with van der Waals surface area (Å²) in [4.78, 5) is 26.3. The Morgan fingerprint density at radius 3 is 2.70 bits per heavy atom. The van der Waals surface area contributed by atoms with E-state index in [2.05, 4.69) is 10.3 Å². The van der Waals surface area contributed by atoms with E-state index in [4.69, 9.17) is 9.84 Å². The number of hydrogen-bond acceptors (Lipinski definition) is 7. The van der Waals surface area contributed by atoms with Crippen LogP contribution in [-0.2, 0) is 9.53 Å². The molecule has 2 rings (SSSR count). The Kier molecular flexibility index (Phi) is 4.14. The van der Waals surface area contributed by atoms with E-state index >= 15 is 0 Å². The predicted molar refractivity (Wildman–Crippen MR) is 65.8 cm³/mol. The molecule has 0 saturated carbocycles. The summed E-state index contributed by atoms with van der Waals surface area (Å²) in [6.07, 6.45) is -3.50. The lowest BCUT2D eigenvalue weighted by molar-refractivity contribution is -0.114. The lowest BCUT2D eigenvalue weighted by atomic mass is 10.1. The van der Waals surface area contributed by atoms with E-state index in [1.807, 2.05) is 0 Å². The Morgan fingerprint density at radius 1 is 1.50 bits per heavy atom. The van der Waals surface area contributed by atoms with Crippen molar-refractivity contribution >= 4 is 11.7 Å². The van der Waals surface area contributed by atoms with Crippen molar-refractivity contribution in [3.8, 4) is 0 Å². The van der Waals surface area contributed by atoms with Crippen LogP contribution in [0.15, 0.2) is 17.1 Å². The second-order valence-electron chi connectivity index (χ2n) is 4.41. The molecule has 1 aliphatic rings. The molecule has 1 amide bonds. The van der Waals surface area contributed by atoms with Crippen molar-refractivity contribution in [1.82, 2.24) is 9.55 Å². The molecular weight excluding hydrogens is 270 g/mol. The fourth-order valence-electron chi connectivity index (χ4n) is 1.97. The molecule has 0 spiro atoms. The Hall–Kier alpha value is -1.81. The van der Waals surface area contributed by atoms with Gasteiger partial charge in [-0.3, -0.25) is 9.36 Å². The highest BCUT2D eigenvalue weighted by molar-refractivity contribution is 5.87. The number of aliphatic hydroxyl groups is 3. The van der Waals surface area contributed by atoms with Crippen LogP contribution in [0.25, 0.3) is 0 Å². The molecule has 1 fully saturated rings. The van der Waals surface area contributed by atoms with Crippen molar-refractivity contribution in [2.45, 2.75) is 31.5 Å². The van der Waals surface area contributed by atoms with Gasteiger partial charge in [0.1, 0.15) is 24.1 Å². The number of ether oxygens (including phenoxy) is 1. The van der Waals surface area contributed by atoms with Crippen LogP contribution in [0.1, 0.15) is 13.2 Å². The van der Waals surface area contributed by atoms with Gasteiger partial charge in [-0.1, -0.05) is 0 Å². The van der Waals surface area contributed by atoms with Crippen LogP contribution in [0.5, 0.6) is 0 Å². The molecule has 9 heteroatoms. The molecule has 1 aromatic heterocycles. The first-order valence-corrected chi connectivity index (χ1v) is 5.93. The van der Waals surface area contributed by atoms with Gasteiger partial charge >= 0.3 is 5.69 Å². The van der Waals surface area contributed by atoms with Gasteiger partial charge in [-0.25, -0.2) is 4.79 Å². The first kappa shape index (κ1) is 14.6. The smallest absolute Gasteiger partial charge is 0.351 e. The van der Waals surface area contributed by atoms with Gasteiger partial charge in [0.15, 0.2) is 6.23 Å². The van der Waals surface area contributed by atoms with E-state index in [0.29, 0.717) is 0 Å². The number of nitrogens with zero attached hydrogens (tertiary/aromatic N) is 2. The molecule has 4 N–H and O–H groups in total. The van der Waals surface area contributed by atoms with Crippen molar-refractivity contribution in [1.29, 1.82) is 0 Å². The zero-order chi connectivity index (χ0) is 14.9. The standard InChI is InChI=1S/C11H15N3O6/c1-5(16)12-7-2-3-14(11(19)13-7)10-9(18)8(17)6(4-15)20-10/h2-3,6,8-10,15,17-18H,4H2,1H3,(H,12,13,16,19)/t6-,8+,9+,10-/m0/s1. The molecule has 2 heterocycles. The number of aromatic nitrogens is 2. The van der Waals surface area contributed by atoms with E-state index in [-0.39, 0.29) is 11.7 Å². The topological polar surface area (TPSA) is 134 Å². The largest absolute Gasteiger partial charge is 0.394 e. The maximum Gasteiger partial charge on any atom is 0.351 e. The second kappa shape index (κ2) is 5.67. The van der Waals surface area contributed by atoms with Gasteiger partial charge in [0.2, 0.25) is 5.91 Å². The van der Waals surface area contributed by atoms with Gasteiger partial charge in [0.05, 0.1) is 6.61 Å². The summed E-state index contributed by atoms with van der Waals surface area (Å²) in [5.41, 5.74) is -0.758. The second-order valence-corrected chi connectivity index (χ2v) is 4.41. The molecule has 1 aliphatic heterocycles. The molecule has 0 aromatic carbocycles. The molecule has 0 unspecified atom stereocenters. The molecule has 4 atom stereocenters. The molecule has 0 aliphatic carbocycles. The molecule has 0 radical (unpaired) electrons. The van der Waals surface area contributed by atoms with E-state index < -0.39 is 36.8 Å². The number of rotatable bonds is 3. The Morgan fingerprint density at radius 2 is 2.20 bits per heavy atom. The summed E-state index contributed by atoms with van der Waals surface area (Å²) in [5.74, 6) is -0.298. The third-order valence-electron chi connectivity index (χ3n) is 2.93. The highest BCUT2D eigenvalue weighted by Gasteiger charge is 2.43. The van der Waals surface area contributed by atoms with Crippen molar-refractivity contribution in [3.63, 3.8) is 0 Å². The average molecular weight is 285 g/mol. The van der Waals surface area contributed by atoms with Crippen LogP contribution >= 0.6 is 0 Å². The molecule has 0 bridgehead atoms. The van der Waals surface area contributed by atoms with Gasteiger partial charge < -0.3 is 25.4 Å². The Balaban J connectivity index is 2.26. The number of carbonyl (C=O) groups excluding carboxylic acids is 1. The lowest BCUT2D eigenvalue weighted by Crippen LogP contribution is -2.36. The number of hydrogen-bond donors (Lipinski definition) is 4. The van der Waals surface area contributed by atoms with Crippen molar-refractivity contribution < 1.29 is 24.9 Å². The number of aliphatic hydroxyl groups excluding tert-OH is 3. The predicted octanol–water partition coefficient (Wildman–Crippen LogP) is -2.19. The first-order valence-electron chi connectivity index (χ1n) is 5.93. The van der Waals surface area contributed by atoms with E-state index in [1.165, 1.54) is 19.2 Å². The van der Waals surface area contributed by atoms with Crippen LogP contribution < -0.4 is 11.0 Å². The van der Waals surface area contributed by atoms with Gasteiger partial charge in [0, 0.05) is 13.1 Å². The molecule has 1 saturated heterocycles. The monoisotopic (exact) mass is 285 g/mol. The third-order valence-corrected chi connectivity index (χ3v) is 2.93. The van der Waals surface area contributed by atoms with Gasteiger partial charge in [0.25, 0.3) is 0 Å². The number of nitrogens with one attached hydrogen (secondary N) is 1. The molecule has 9 nitrogen and oxygen atoms in total. The van der Waals surface area contributed by atoms with Gasteiger partial charge in [-0.2, -0.15) is 4.98 Å². The quantitative estimate of drug-likeness (QED) is 0.495. The van der Waals surface area contributed by atoms with E-state index in [9.17, 15) is 19.8 Å². The van der Waals surface area contributed by atoms with Crippen LogP contribution in [0.2, 0.25) is 0 Å². The van der Waals surface area contributed by atoms with Crippen LogP contribution in [0.3, 0.4) is 0 Å². The zero-order valence-corrected chi connectivity index (χ0v) is 10.6. The van der Waals surface area contributed by atoms with Crippen LogP contribution in [0.4, 0.5) is 5.82 Å². The summed E-state index contributed by atoms with van der Waals surface area (Å²) < 4.78 is 6.19. The highest BCUT2D eigenvalue weighted by atomic mass is 16.6. The molecule has 110 valence electrons. The Labute approximate surface area is 113 Å².